The number of pyridine rings is 1. The molecule has 0 unspecified atom stereocenters. The first-order chi connectivity index (χ1) is 10.2. The summed E-state index contributed by atoms with van der Waals surface area (Å²) >= 11 is 0. The molecule has 0 aliphatic rings. The number of nitrogens with zero attached hydrogens (tertiary/aromatic N) is 2. The van der Waals surface area contributed by atoms with Gasteiger partial charge in [0.1, 0.15) is 5.69 Å². The van der Waals surface area contributed by atoms with Gasteiger partial charge in [0, 0.05) is 17.3 Å². The zero-order valence-corrected chi connectivity index (χ0v) is 12.0. The van der Waals surface area contributed by atoms with Crippen molar-refractivity contribution in [2.75, 3.05) is 6.61 Å². The number of aryl methyl sites for hydroxylation is 1. The second-order valence-corrected chi connectivity index (χ2v) is 4.86. The van der Waals surface area contributed by atoms with Gasteiger partial charge in [-0.25, -0.2) is 4.79 Å². The number of aromatic nitrogens is 2. The van der Waals surface area contributed by atoms with Crippen molar-refractivity contribution in [1.82, 2.24) is 9.55 Å². The van der Waals surface area contributed by atoms with Crippen LogP contribution in [-0.2, 0) is 4.74 Å². The fourth-order valence-corrected chi connectivity index (χ4v) is 2.37. The molecule has 3 aromatic rings. The number of fused-ring (bicyclic) bond motifs is 1. The molecule has 21 heavy (non-hydrogen) atoms. The average molecular weight is 280 g/mol. The molecule has 0 saturated carbocycles. The number of esters is 1. The second-order valence-electron chi connectivity index (χ2n) is 4.86. The van der Waals surface area contributed by atoms with Gasteiger partial charge in [-0.05, 0) is 38.1 Å². The first-order valence-electron chi connectivity index (χ1n) is 6.90. The molecule has 4 heteroatoms. The summed E-state index contributed by atoms with van der Waals surface area (Å²) in [5, 5.41) is 0.966. The van der Waals surface area contributed by atoms with E-state index in [2.05, 4.69) is 4.98 Å². The highest BCUT2D eigenvalue weighted by molar-refractivity contribution is 5.96. The Bertz CT molecular complexity index is 788. The number of carbonyl (C=O) groups excluding carboxylic acids is 1. The minimum absolute atomic E-state index is 0.325. The zero-order valence-electron chi connectivity index (χ0n) is 12.0. The normalized spacial score (nSPS) is 10.8. The number of carbonyl (C=O) groups is 1. The number of hydrogen-bond acceptors (Lipinski definition) is 3. The number of rotatable bonds is 3. The highest BCUT2D eigenvalue weighted by Crippen LogP contribution is 2.24. The van der Waals surface area contributed by atoms with E-state index in [1.807, 2.05) is 47.9 Å². The fraction of sp³-hybridized carbons (Fsp3) is 0.176. The van der Waals surface area contributed by atoms with Crippen LogP contribution in [0.4, 0.5) is 0 Å². The van der Waals surface area contributed by atoms with Crippen LogP contribution >= 0.6 is 0 Å². The van der Waals surface area contributed by atoms with Crippen molar-refractivity contribution >= 4 is 16.9 Å². The summed E-state index contributed by atoms with van der Waals surface area (Å²) in [4.78, 5) is 16.4. The largest absolute Gasteiger partial charge is 0.461 e. The topological polar surface area (TPSA) is 44.1 Å². The molecule has 0 fully saturated rings. The van der Waals surface area contributed by atoms with Crippen molar-refractivity contribution in [3.05, 3.63) is 60.0 Å². The molecular weight excluding hydrogens is 264 g/mol. The second kappa shape index (κ2) is 5.40. The van der Waals surface area contributed by atoms with E-state index in [-0.39, 0.29) is 5.97 Å². The molecule has 0 radical (unpaired) electrons. The molecule has 3 rings (SSSR count). The Kier molecular flexibility index (Phi) is 3.44. The minimum Gasteiger partial charge on any atom is -0.461 e. The van der Waals surface area contributed by atoms with Gasteiger partial charge in [0.25, 0.3) is 0 Å². The molecule has 0 spiro atoms. The van der Waals surface area contributed by atoms with E-state index in [9.17, 15) is 4.79 Å². The maximum absolute atomic E-state index is 12.2. The van der Waals surface area contributed by atoms with Crippen LogP contribution in [0.15, 0.2) is 48.8 Å². The van der Waals surface area contributed by atoms with Crippen molar-refractivity contribution in [1.29, 1.82) is 0 Å². The molecule has 0 bridgehead atoms. The van der Waals surface area contributed by atoms with Crippen LogP contribution in [0.5, 0.6) is 0 Å². The van der Waals surface area contributed by atoms with Crippen molar-refractivity contribution in [3.63, 3.8) is 0 Å². The molecular formula is C17H16N2O2. The molecule has 1 aromatic carbocycles. The highest BCUT2D eigenvalue weighted by atomic mass is 16.5. The lowest BCUT2D eigenvalue weighted by atomic mass is 10.2. The van der Waals surface area contributed by atoms with Crippen molar-refractivity contribution in [2.24, 2.45) is 0 Å². The number of ether oxygens (including phenoxy) is 1. The van der Waals surface area contributed by atoms with Gasteiger partial charge in [0.2, 0.25) is 0 Å². The van der Waals surface area contributed by atoms with Crippen LogP contribution in [0.3, 0.4) is 0 Å². The van der Waals surface area contributed by atoms with E-state index < -0.39 is 0 Å². The summed E-state index contributed by atoms with van der Waals surface area (Å²) in [6.45, 7) is 4.19. The van der Waals surface area contributed by atoms with Crippen LogP contribution < -0.4 is 0 Å². The summed E-state index contributed by atoms with van der Waals surface area (Å²) in [5.41, 5.74) is 3.51. The van der Waals surface area contributed by atoms with Crippen LogP contribution in [0.2, 0.25) is 0 Å². The lowest BCUT2D eigenvalue weighted by Gasteiger charge is -2.10. The van der Waals surface area contributed by atoms with Crippen LogP contribution in [0, 0.1) is 6.92 Å². The standard InChI is InChI=1S/C17H16N2O2/c1-3-21-17(20)15-10-13-8-9-18-11-16(13)19(15)14-6-4-12(2)5-7-14/h4-11H,3H2,1-2H3. The Morgan fingerprint density at radius 2 is 2.00 bits per heavy atom. The third-order valence-electron chi connectivity index (χ3n) is 3.38. The maximum atomic E-state index is 12.2. The monoisotopic (exact) mass is 280 g/mol. The Morgan fingerprint density at radius 3 is 2.71 bits per heavy atom. The first-order valence-corrected chi connectivity index (χ1v) is 6.90. The summed E-state index contributed by atoms with van der Waals surface area (Å²) < 4.78 is 7.05. The Hall–Kier alpha value is -2.62. The molecule has 0 atom stereocenters. The summed E-state index contributed by atoms with van der Waals surface area (Å²) in [6.07, 6.45) is 3.48. The molecule has 2 heterocycles. The van der Waals surface area contributed by atoms with Crippen molar-refractivity contribution in [3.8, 4) is 5.69 Å². The Labute approximate surface area is 123 Å². The minimum atomic E-state index is -0.325. The Balaban J connectivity index is 2.24. The zero-order chi connectivity index (χ0) is 14.8. The third kappa shape index (κ3) is 2.40. The molecule has 4 nitrogen and oxygen atoms in total. The third-order valence-corrected chi connectivity index (χ3v) is 3.38. The van der Waals surface area contributed by atoms with Gasteiger partial charge in [0.15, 0.2) is 0 Å². The van der Waals surface area contributed by atoms with E-state index in [0.717, 1.165) is 16.6 Å². The SMILES string of the molecule is CCOC(=O)c1cc2ccncc2n1-c1ccc(C)cc1. The highest BCUT2D eigenvalue weighted by Gasteiger charge is 2.17. The quantitative estimate of drug-likeness (QED) is 0.690. The van der Waals surface area contributed by atoms with Gasteiger partial charge < -0.3 is 9.30 Å². The van der Waals surface area contributed by atoms with E-state index >= 15 is 0 Å². The maximum Gasteiger partial charge on any atom is 0.355 e. The number of hydrogen-bond donors (Lipinski definition) is 0. The van der Waals surface area contributed by atoms with E-state index in [4.69, 9.17) is 4.74 Å². The van der Waals surface area contributed by atoms with Crippen LogP contribution in [-0.4, -0.2) is 22.1 Å². The van der Waals surface area contributed by atoms with E-state index in [0.29, 0.717) is 12.3 Å². The first kappa shape index (κ1) is 13.4. The van der Waals surface area contributed by atoms with Gasteiger partial charge in [-0.15, -0.1) is 0 Å². The lowest BCUT2D eigenvalue weighted by molar-refractivity contribution is 0.0517. The van der Waals surface area contributed by atoms with Crippen LogP contribution in [0.1, 0.15) is 23.0 Å². The predicted molar refractivity (Wildman–Crippen MR) is 81.8 cm³/mol. The predicted octanol–water partition coefficient (Wildman–Crippen LogP) is 3.51. The van der Waals surface area contributed by atoms with Gasteiger partial charge in [-0.3, -0.25) is 4.98 Å². The summed E-state index contributed by atoms with van der Waals surface area (Å²) in [6, 6.07) is 11.8. The van der Waals surface area contributed by atoms with Gasteiger partial charge in [-0.2, -0.15) is 0 Å². The van der Waals surface area contributed by atoms with E-state index in [1.54, 1.807) is 19.3 Å². The molecule has 0 aliphatic carbocycles. The summed E-state index contributed by atoms with van der Waals surface area (Å²) in [5.74, 6) is -0.325. The average Bonchev–Trinajstić information content (AvgIpc) is 2.88. The smallest absolute Gasteiger partial charge is 0.355 e. The molecule has 106 valence electrons. The van der Waals surface area contributed by atoms with Gasteiger partial charge >= 0.3 is 5.97 Å². The molecule has 0 aliphatic heterocycles. The molecule has 0 saturated heterocycles. The molecule has 2 aromatic heterocycles. The molecule has 0 N–H and O–H groups in total. The van der Waals surface area contributed by atoms with E-state index in [1.165, 1.54) is 5.56 Å². The van der Waals surface area contributed by atoms with Gasteiger partial charge in [-0.1, -0.05) is 17.7 Å². The lowest BCUT2D eigenvalue weighted by Crippen LogP contribution is -2.10. The van der Waals surface area contributed by atoms with Gasteiger partial charge in [0.05, 0.1) is 18.3 Å². The number of benzene rings is 1. The summed E-state index contributed by atoms with van der Waals surface area (Å²) in [7, 11) is 0. The van der Waals surface area contributed by atoms with Crippen molar-refractivity contribution in [2.45, 2.75) is 13.8 Å². The fourth-order valence-electron chi connectivity index (χ4n) is 2.37. The van der Waals surface area contributed by atoms with Crippen molar-refractivity contribution < 1.29 is 9.53 Å². The van der Waals surface area contributed by atoms with Crippen LogP contribution in [0.25, 0.3) is 16.6 Å². The Morgan fingerprint density at radius 1 is 1.24 bits per heavy atom. The molecule has 0 amide bonds.